The molecule has 0 bridgehead atoms. The van der Waals surface area contributed by atoms with Crippen LogP contribution in [0.4, 0.5) is 10.1 Å². The van der Waals surface area contributed by atoms with E-state index in [1.165, 1.54) is 25.3 Å². The lowest BCUT2D eigenvalue weighted by molar-refractivity contribution is -0.152. The van der Waals surface area contributed by atoms with E-state index < -0.39 is 17.2 Å². The van der Waals surface area contributed by atoms with Gasteiger partial charge in [-0.25, -0.2) is 4.39 Å². The molecule has 0 aliphatic heterocycles. The molecule has 0 radical (unpaired) electrons. The van der Waals surface area contributed by atoms with Gasteiger partial charge in [-0.05, 0) is 26.0 Å². The molecule has 2 N–H and O–H groups in total. The molecule has 0 saturated heterocycles. The second-order valence-electron chi connectivity index (χ2n) is 4.35. The van der Waals surface area contributed by atoms with Gasteiger partial charge in [-0.15, -0.1) is 0 Å². The van der Waals surface area contributed by atoms with Crippen LogP contribution in [0.1, 0.15) is 13.8 Å². The van der Waals surface area contributed by atoms with Gasteiger partial charge in [-0.2, -0.15) is 0 Å². The van der Waals surface area contributed by atoms with Crippen LogP contribution in [0.5, 0.6) is 5.75 Å². The van der Waals surface area contributed by atoms with Crippen molar-refractivity contribution in [3.63, 3.8) is 0 Å². The highest BCUT2D eigenvalue weighted by molar-refractivity contribution is 5.75. The number of rotatable bonds is 4. The number of methoxy groups -OCH3 is 1. The molecule has 1 aromatic rings. The molecule has 1 rings (SSSR count). The van der Waals surface area contributed by atoms with Crippen molar-refractivity contribution in [2.24, 2.45) is 5.41 Å². The van der Waals surface area contributed by atoms with Crippen LogP contribution in [-0.4, -0.2) is 19.7 Å². The Kier molecular flexibility index (Phi) is 3.93. The molecule has 0 unspecified atom stereocenters. The van der Waals surface area contributed by atoms with E-state index in [0.29, 0.717) is 5.69 Å². The summed E-state index contributed by atoms with van der Waals surface area (Å²) in [6.45, 7) is 3.35. The molecular formula is C12H16FNO3. The quantitative estimate of drug-likeness (QED) is 0.646. The Labute approximate surface area is 99.5 Å². The lowest BCUT2D eigenvalue weighted by Gasteiger charge is -2.21. The van der Waals surface area contributed by atoms with Crippen LogP contribution in [0.25, 0.3) is 0 Å². The number of carbonyl (C=O) groups excluding carboxylic acids is 1. The predicted molar refractivity (Wildman–Crippen MR) is 62.1 cm³/mol. The van der Waals surface area contributed by atoms with Crippen molar-refractivity contribution >= 4 is 11.7 Å². The van der Waals surface area contributed by atoms with Crippen LogP contribution in [0.2, 0.25) is 0 Å². The number of halogens is 1. The van der Waals surface area contributed by atoms with E-state index in [4.69, 9.17) is 10.5 Å². The van der Waals surface area contributed by atoms with E-state index in [-0.39, 0.29) is 12.4 Å². The number of anilines is 1. The van der Waals surface area contributed by atoms with Gasteiger partial charge in [0.15, 0.2) is 11.6 Å². The van der Waals surface area contributed by atoms with Gasteiger partial charge >= 0.3 is 5.97 Å². The number of nitrogen functional groups attached to an aromatic ring is 1. The largest absolute Gasteiger partial charge is 0.489 e. The van der Waals surface area contributed by atoms with Crippen molar-refractivity contribution in [1.82, 2.24) is 0 Å². The van der Waals surface area contributed by atoms with E-state index in [0.717, 1.165) is 0 Å². The minimum Gasteiger partial charge on any atom is -0.489 e. The van der Waals surface area contributed by atoms with Gasteiger partial charge in [-0.3, -0.25) is 4.79 Å². The SMILES string of the molecule is COC(=O)C(C)(C)COc1ccc(N)cc1F. The van der Waals surface area contributed by atoms with Crippen molar-refractivity contribution in [2.75, 3.05) is 19.5 Å². The first-order valence-corrected chi connectivity index (χ1v) is 5.13. The van der Waals surface area contributed by atoms with Gasteiger partial charge in [0, 0.05) is 11.8 Å². The zero-order valence-electron chi connectivity index (χ0n) is 10.1. The second kappa shape index (κ2) is 5.03. The van der Waals surface area contributed by atoms with Gasteiger partial charge < -0.3 is 15.2 Å². The standard InChI is InChI=1S/C12H16FNO3/c1-12(2,11(15)16-3)7-17-10-5-4-8(14)6-9(10)13/h4-6H,7,14H2,1-3H3. The number of nitrogens with two attached hydrogens (primary N) is 1. The highest BCUT2D eigenvalue weighted by Crippen LogP contribution is 2.23. The molecule has 5 heteroatoms. The first-order valence-electron chi connectivity index (χ1n) is 5.13. The predicted octanol–water partition coefficient (Wildman–Crippen LogP) is 1.99. The summed E-state index contributed by atoms with van der Waals surface area (Å²) >= 11 is 0. The lowest BCUT2D eigenvalue weighted by atomic mass is 9.95. The third kappa shape index (κ3) is 3.34. The number of ether oxygens (including phenoxy) is 2. The molecule has 0 fully saturated rings. The van der Waals surface area contributed by atoms with Gasteiger partial charge in [0.2, 0.25) is 0 Å². The normalized spacial score (nSPS) is 11.1. The maximum absolute atomic E-state index is 13.4. The van der Waals surface area contributed by atoms with E-state index in [2.05, 4.69) is 4.74 Å². The van der Waals surface area contributed by atoms with Crippen molar-refractivity contribution in [3.8, 4) is 5.75 Å². The fourth-order valence-corrected chi connectivity index (χ4v) is 1.23. The summed E-state index contributed by atoms with van der Waals surface area (Å²) in [5.41, 5.74) is 4.90. The summed E-state index contributed by atoms with van der Waals surface area (Å²) in [7, 11) is 1.30. The average Bonchev–Trinajstić information content (AvgIpc) is 2.26. The first kappa shape index (κ1) is 13.3. The molecule has 94 valence electrons. The third-order valence-electron chi connectivity index (χ3n) is 2.28. The summed E-state index contributed by atoms with van der Waals surface area (Å²) in [4.78, 5) is 11.4. The monoisotopic (exact) mass is 241 g/mol. The molecule has 0 aliphatic carbocycles. The summed E-state index contributed by atoms with van der Waals surface area (Å²) in [6.07, 6.45) is 0. The van der Waals surface area contributed by atoms with Gasteiger partial charge in [0.05, 0.1) is 12.5 Å². The van der Waals surface area contributed by atoms with Crippen molar-refractivity contribution in [1.29, 1.82) is 0 Å². The molecular weight excluding hydrogens is 225 g/mol. The van der Waals surface area contributed by atoms with E-state index in [1.807, 2.05) is 0 Å². The average molecular weight is 241 g/mol. The zero-order chi connectivity index (χ0) is 13.1. The first-order chi connectivity index (χ1) is 7.86. The number of esters is 1. The zero-order valence-corrected chi connectivity index (χ0v) is 10.1. The molecule has 17 heavy (non-hydrogen) atoms. The third-order valence-corrected chi connectivity index (χ3v) is 2.28. The van der Waals surface area contributed by atoms with Gasteiger partial charge in [-0.1, -0.05) is 0 Å². The van der Waals surface area contributed by atoms with E-state index >= 15 is 0 Å². The fourth-order valence-electron chi connectivity index (χ4n) is 1.23. The Morgan fingerprint density at radius 2 is 2.12 bits per heavy atom. The summed E-state index contributed by atoms with van der Waals surface area (Å²) in [5, 5.41) is 0. The number of benzene rings is 1. The maximum Gasteiger partial charge on any atom is 0.314 e. The van der Waals surface area contributed by atoms with Gasteiger partial charge in [0.1, 0.15) is 6.61 Å². The van der Waals surface area contributed by atoms with Crippen molar-refractivity contribution < 1.29 is 18.7 Å². The maximum atomic E-state index is 13.4. The molecule has 0 atom stereocenters. The number of hydrogen-bond donors (Lipinski definition) is 1. The van der Waals surface area contributed by atoms with Crippen LogP contribution >= 0.6 is 0 Å². The molecule has 0 spiro atoms. The van der Waals surface area contributed by atoms with E-state index in [9.17, 15) is 9.18 Å². The molecule has 4 nitrogen and oxygen atoms in total. The summed E-state index contributed by atoms with van der Waals surface area (Å²) in [5.74, 6) is -0.893. The number of carbonyl (C=O) groups is 1. The van der Waals surface area contributed by atoms with Crippen LogP contribution in [0.15, 0.2) is 18.2 Å². The summed E-state index contributed by atoms with van der Waals surface area (Å²) < 4.78 is 23.3. The minimum absolute atomic E-state index is 0.0283. The van der Waals surface area contributed by atoms with Crippen LogP contribution < -0.4 is 10.5 Å². The molecule has 0 amide bonds. The van der Waals surface area contributed by atoms with E-state index in [1.54, 1.807) is 13.8 Å². The summed E-state index contributed by atoms with van der Waals surface area (Å²) in [6, 6.07) is 4.13. The topological polar surface area (TPSA) is 61.5 Å². The van der Waals surface area contributed by atoms with Gasteiger partial charge in [0.25, 0.3) is 0 Å². The Hall–Kier alpha value is -1.78. The number of hydrogen-bond acceptors (Lipinski definition) is 4. The highest BCUT2D eigenvalue weighted by Gasteiger charge is 2.30. The Morgan fingerprint density at radius 3 is 2.65 bits per heavy atom. The van der Waals surface area contributed by atoms with Crippen LogP contribution in [0.3, 0.4) is 0 Å². The molecule has 0 saturated carbocycles. The minimum atomic E-state index is -0.831. The Bertz CT molecular complexity index is 418. The van der Waals surface area contributed by atoms with Crippen molar-refractivity contribution in [2.45, 2.75) is 13.8 Å². The van der Waals surface area contributed by atoms with Crippen molar-refractivity contribution in [3.05, 3.63) is 24.0 Å². The highest BCUT2D eigenvalue weighted by atomic mass is 19.1. The molecule has 0 heterocycles. The molecule has 1 aromatic carbocycles. The fraction of sp³-hybridized carbons (Fsp3) is 0.417. The van der Waals surface area contributed by atoms with Crippen LogP contribution in [0, 0.1) is 11.2 Å². The Morgan fingerprint density at radius 1 is 1.47 bits per heavy atom. The molecule has 0 aliphatic rings. The molecule has 0 aromatic heterocycles. The van der Waals surface area contributed by atoms with Crippen LogP contribution in [-0.2, 0) is 9.53 Å². The lowest BCUT2D eigenvalue weighted by Crippen LogP contribution is -2.32. The second-order valence-corrected chi connectivity index (χ2v) is 4.35. The smallest absolute Gasteiger partial charge is 0.314 e. The Balaban J connectivity index is 2.70.